The third-order valence-corrected chi connectivity index (χ3v) is 3.71. The first-order chi connectivity index (χ1) is 8.90. The molecule has 106 valence electrons. The number of hydrogen-bond donors (Lipinski definition) is 0. The van der Waals surface area contributed by atoms with Crippen LogP contribution in [0.25, 0.3) is 0 Å². The van der Waals surface area contributed by atoms with Gasteiger partial charge in [-0.2, -0.15) is 13.2 Å². The van der Waals surface area contributed by atoms with E-state index >= 15 is 0 Å². The van der Waals surface area contributed by atoms with Gasteiger partial charge in [0.25, 0.3) is 0 Å². The standard InChI is InChI=1S/C13H16ClF3N2/c1-2-19(8-9-4-3-5-9)12-7-10(13(15,16)17)6-11(14)18-12/h6-7,9H,2-5,8H2,1H3. The minimum atomic E-state index is -4.39. The van der Waals surface area contributed by atoms with Crippen molar-refractivity contribution in [2.75, 3.05) is 18.0 Å². The van der Waals surface area contributed by atoms with Crippen molar-refractivity contribution in [3.63, 3.8) is 0 Å². The number of halogens is 4. The van der Waals surface area contributed by atoms with Gasteiger partial charge in [0.15, 0.2) is 0 Å². The van der Waals surface area contributed by atoms with Crippen LogP contribution in [-0.2, 0) is 6.18 Å². The van der Waals surface area contributed by atoms with Crippen LogP contribution >= 0.6 is 11.6 Å². The highest BCUT2D eigenvalue weighted by Crippen LogP contribution is 2.34. The van der Waals surface area contributed by atoms with Crippen molar-refractivity contribution >= 4 is 17.4 Å². The highest BCUT2D eigenvalue weighted by Gasteiger charge is 2.32. The first kappa shape index (κ1) is 14.4. The Balaban J connectivity index is 2.23. The normalized spacial score (nSPS) is 16.3. The molecule has 19 heavy (non-hydrogen) atoms. The molecule has 1 aliphatic rings. The highest BCUT2D eigenvalue weighted by atomic mass is 35.5. The van der Waals surface area contributed by atoms with Crippen LogP contribution in [0.15, 0.2) is 12.1 Å². The molecule has 0 radical (unpaired) electrons. The summed E-state index contributed by atoms with van der Waals surface area (Å²) in [7, 11) is 0. The highest BCUT2D eigenvalue weighted by molar-refractivity contribution is 6.29. The molecule has 1 aliphatic carbocycles. The molecule has 0 N–H and O–H groups in total. The van der Waals surface area contributed by atoms with Gasteiger partial charge in [-0.3, -0.25) is 0 Å². The van der Waals surface area contributed by atoms with Crippen LogP contribution in [-0.4, -0.2) is 18.1 Å². The van der Waals surface area contributed by atoms with Crippen molar-refractivity contribution in [2.45, 2.75) is 32.4 Å². The Morgan fingerprint density at radius 3 is 2.53 bits per heavy atom. The summed E-state index contributed by atoms with van der Waals surface area (Å²) >= 11 is 5.70. The van der Waals surface area contributed by atoms with E-state index in [1.54, 1.807) is 0 Å². The quantitative estimate of drug-likeness (QED) is 0.766. The second kappa shape index (κ2) is 5.57. The number of rotatable bonds is 4. The van der Waals surface area contributed by atoms with Gasteiger partial charge in [0.05, 0.1) is 5.56 Å². The van der Waals surface area contributed by atoms with Gasteiger partial charge < -0.3 is 4.90 Å². The van der Waals surface area contributed by atoms with E-state index in [1.165, 1.54) is 6.42 Å². The predicted molar refractivity (Wildman–Crippen MR) is 69.5 cm³/mol. The van der Waals surface area contributed by atoms with Gasteiger partial charge in [-0.15, -0.1) is 0 Å². The Bertz CT molecular complexity index is 444. The average molecular weight is 293 g/mol. The number of aromatic nitrogens is 1. The molecule has 0 bridgehead atoms. The Morgan fingerprint density at radius 1 is 1.37 bits per heavy atom. The molecule has 1 aromatic rings. The maximum Gasteiger partial charge on any atom is 0.416 e. The number of nitrogens with zero attached hydrogens (tertiary/aromatic N) is 2. The van der Waals surface area contributed by atoms with Gasteiger partial charge >= 0.3 is 6.18 Å². The van der Waals surface area contributed by atoms with E-state index in [2.05, 4.69) is 4.98 Å². The van der Waals surface area contributed by atoms with Gasteiger partial charge in [-0.1, -0.05) is 18.0 Å². The summed E-state index contributed by atoms with van der Waals surface area (Å²) in [6.45, 7) is 3.29. The van der Waals surface area contributed by atoms with Crippen molar-refractivity contribution in [3.05, 3.63) is 22.8 Å². The van der Waals surface area contributed by atoms with Crippen molar-refractivity contribution in [3.8, 4) is 0 Å². The molecular weight excluding hydrogens is 277 g/mol. The summed E-state index contributed by atoms with van der Waals surface area (Å²) in [4.78, 5) is 5.89. The minimum absolute atomic E-state index is 0.114. The maximum absolute atomic E-state index is 12.8. The first-order valence-electron chi connectivity index (χ1n) is 6.40. The zero-order valence-corrected chi connectivity index (χ0v) is 11.4. The molecule has 0 amide bonds. The number of hydrogen-bond acceptors (Lipinski definition) is 2. The Labute approximate surface area is 115 Å². The van der Waals surface area contributed by atoms with Crippen molar-refractivity contribution in [1.29, 1.82) is 0 Å². The molecule has 1 saturated carbocycles. The summed E-state index contributed by atoms with van der Waals surface area (Å²) in [5.41, 5.74) is -0.741. The van der Waals surface area contributed by atoms with Crippen LogP contribution in [0.2, 0.25) is 5.15 Å². The minimum Gasteiger partial charge on any atom is -0.357 e. The fourth-order valence-corrected chi connectivity index (χ4v) is 2.38. The molecule has 1 aromatic heterocycles. The molecule has 2 rings (SSSR count). The van der Waals surface area contributed by atoms with Crippen molar-refractivity contribution < 1.29 is 13.2 Å². The smallest absolute Gasteiger partial charge is 0.357 e. The first-order valence-corrected chi connectivity index (χ1v) is 6.77. The van der Waals surface area contributed by atoms with E-state index < -0.39 is 11.7 Å². The Hall–Kier alpha value is -0.970. The van der Waals surface area contributed by atoms with Crippen molar-refractivity contribution in [2.24, 2.45) is 5.92 Å². The molecule has 0 atom stereocenters. The monoisotopic (exact) mass is 292 g/mol. The summed E-state index contributed by atoms with van der Waals surface area (Å²) in [6.07, 6.45) is -0.900. The van der Waals surface area contributed by atoms with Crippen LogP contribution in [0.5, 0.6) is 0 Å². The number of anilines is 1. The van der Waals surface area contributed by atoms with E-state index in [-0.39, 0.29) is 5.15 Å². The molecule has 2 nitrogen and oxygen atoms in total. The van der Waals surface area contributed by atoms with Crippen LogP contribution in [0.4, 0.5) is 19.0 Å². The molecule has 0 aromatic carbocycles. The van der Waals surface area contributed by atoms with Gasteiger partial charge in [-0.25, -0.2) is 4.98 Å². The molecule has 1 fully saturated rings. The molecule has 6 heteroatoms. The summed E-state index contributed by atoms with van der Waals surface area (Å²) in [5.74, 6) is 0.879. The lowest BCUT2D eigenvalue weighted by molar-refractivity contribution is -0.137. The molecule has 0 aliphatic heterocycles. The Kier molecular flexibility index (Phi) is 4.23. The zero-order valence-electron chi connectivity index (χ0n) is 10.7. The van der Waals surface area contributed by atoms with Gasteiger partial charge in [0.1, 0.15) is 11.0 Å². The fourth-order valence-electron chi connectivity index (χ4n) is 2.18. The lowest BCUT2D eigenvalue weighted by atomic mass is 9.85. The van der Waals surface area contributed by atoms with Crippen molar-refractivity contribution in [1.82, 2.24) is 4.98 Å². The lowest BCUT2D eigenvalue weighted by Crippen LogP contribution is -2.33. The predicted octanol–water partition coefficient (Wildman–Crippen LogP) is 4.38. The largest absolute Gasteiger partial charge is 0.416 e. The SMILES string of the molecule is CCN(CC1CCC1)c1cc(C(F)(F)F)cc(Cl)n1. The van der Waals surface area contributed by atoms with Gasteiger partial charge in [0, 0.05) is 13.1 Å². The second-order valence-corrected chi connectivity index (χ2v) is 5.26. The number of pyridine rings is 1. The van der Waals surface area contributed by atoms with Crippen LogP contribution in [0.3, 0.4) is 0 Å². The summed E-state index contributed by atoms with van der Waals surface area (Å²) < 4.78 is 38.3. The second-order valence-electron chi connectivity index (χ2n) is 4.87. The van der Waals surface area contributed by atoms with E-state index in [4.69, 9.17) is 11.6 Å². The maximum atomic E-state index is 12.8. The average Bonchev–Trinajstić information content (AvgIpc) is 2.25. The molecule has 0 unspecified atom stereocenters. The third-order valence-electron chi connectivity index (χ3n) is 3.52. The van der Waals surface area contributed by atoms with E-state index in [1.807, 2.05) is 11.8 Å². The zero-order chi connectivity index (χ0) is 14.0. The van der Waals surface area contributed by atoms with E-state index in [0.29, 0.717) is 18.3 Å². The van der Waals surface area contributed by atoms with Gasteiger partial charge in [-0.05, 0) is 37.8 Å². The lowest BCUT2D eigenvalue weighted by Gasteiger charge is -2.32. The van der Waals surface area contributed by atoms with E-state index in [9.17, 15) is 13.2 Å². The fraction of sp³-hybridized carbons (Fsp3) is 0.615. The van der Waals surface area contributed by atoms with Crippen LogP contribution < -0.4 is 4.90 Å². The Morgan fingerprint density at radius 2 is 2.05 bits per heavy atom. The topological polar surface area (TPSA) is 16.1 Å². The van der Waals surface area contributed by atoms with Crippen LogP contribution in [0, 0.1) is 5.92 Å². The molecule has 1 heterocycles. The molecule has 0 saturated heterocycles. The molecule has 0 spiro atoms. The number of alkyl halides is 3. The molecular formula is C13H16ClF3N2. The third kappa shape index (κ3) is 3.53. The van der Waals surface area contributed by atoms with Gasteiger partial charge in [0.2, 0.25) is 0 Å². The van der Waals surface area contributed by atoms with Crippen LogP contribution in [0.1, 0.15) is 31.7 Å². The van der Waals surface area contributed by atoms with E-state index in [0.717, 1.165) is 31.5 Å². The summed E-state index contributed by atoms with van der Waals surface area (Å²) in [5, 5.41) is -0.114. The summed E-state index contributed by atoms with van der Waals surface area (Å²) in [6, 6.07) is 1.94.